The van der Waals surface area contributed by atoms with Gasteiger partial charge in [-0.1, -0.05) is 0 Å². The van der Waals surface area contributed by atoms with Crippen molar-refractivity contribution < 1.29 is 12.8 Å². The Morgan fingerprint density at radius 2 is 2.25 bits per heavy atom. The number of aromatic amines is 1. The smallest absolute Gasteiger partial charge is 0.209 e. The van der Waals surface area contributed by atoms with Gasteiger partial charge in [-0.25, -0.2) is 13.6 Å². The normalized spacial score (nSPS) is 11.9. The van der Waals surface area contributed by atoms with Crippen molar-refractivity contribution >= 4 is 10.0 Å². The van der Waals surface area contributed by atoms with Gasteiger partial charge in [-0.2, -0.15) is 5.10 Å². The minimum absolute atomic E-state index is 0.0182. The molecule has 0 aliphatic carbocycles. The van der Waals surface area contributed by atoms with Crippen LogP contribution in [0.5, 0.6) is 0 Å². The molecule has 0 amide bonds. The number of nitrogens with one attached hydrogen (secondary N) is 2. The summed E-state index contributed by atoms with van der Waals surface area (Å²) in [5.74, 6) is 1.55. The van der Waals surface area contributed by atoms with Crippen molar-refractivity contribution in [2.45, 2.75) is 19.9 Å². The van der Waals surface area contributed by atoms with Gasteiger partial charge in [0, 0.05) is 12.1 Å². The van der Waals surface area contributed by atoms with E-state index in [2.05, 4.69) is 15.5 Å². The fourth-order valence-electron chi connectivity index (χ4n) is 1.85. The molecule has 110 valence electrons. The van der Waals surface area contributed by atoms with E-state index < -0.39 is 10.0 Å². The average Bonchev–Trinajstić information content (AvgIpc) is 2.95. The van der Waals surface area contributed by atoms with E-state index in [1.165, 1.54) is 0 Å². The quantitative estimate of drug-likeness (QED) is 0.652. The molecule has 7 nitrogen and oxygen atoms in total. The summed E-state index contributed by atoms with van der Waals surface area (Å²) in [7, 11) is -3.38. The Hall–Kier alpha value is -1.64. The highest BCUT2D eigenvalue weighted by Gasteiger charge is 2.10. The minimum Gasteiger partial charge on any atom is -0.460 e. The first kappa shape index (κ1) is 14.8. The summed E-state index contributed by atoms with van der Waals surface area (Å²) in [4.78, 5) is 0. The number of H-pyrrole nitrogens is 1. The van der Waals surface area contributed by atoms with E-state index in [1.807, 2.05) is 19.1 Å². The van der Waals surface area contributed by atoms with Gasteiger partial charge in [0.05, 0.1) is 11.9 Å². The second-order valence-electron chi connectivity index (χ2n) is 4.58. The molecule has 2 aromatic rings. The Morgan fingerprint density at radius 3 is 2.90 bits per heavy atom. The van der Waals surface area contributed by atoms with Crippen molar-refractivity contribution in [3.8, 4) is 11.5 Å². The van der Waals surface area contributed by atoms with Gasteiger partial charge in [0.25, 0.3) is 0 Å². The minimum atomic E-state index is -3.38. The van der Waals surface area contributed by atoms with Crippen LogP contribution in [-0.2, 0) is 16.6 Å². The number of aryl methyl sites for hydroxylation is 1. The molecule has 0 atom stereocenters. The maximum absolute atomic E-state index is 10.8. The van der Waals surface area contributed by atoms with E-state index in [9.17, 15) is 8.42 Å². The van der Waals surface area contributed by atoms with Gasteiger partial charge in [0.2, 0.25) is 10.0 Å². The van der Waals surface area contributed by atoms with Crippen LogP contribution in [0.2, 0.25) is 0 Å². The largest absolute Gasteiger partial charge is 0.460 e. The fraction of sp³-hybridized carbons (Fsp3) is 0.417. The zero-order chi connectivity index (χ0) is 14.6. The van der Waals surface area contributed by atoms with Gasteiger partial charge in [0.1, 0.15) is 11.5 Å². The van der Waals surface area contributed by atoms with Crippen molar-refractivity contribution in [1.29, 1.82) is 0 Å². The average molecular weight is 298 g/mol. The topological polar surface area (TPSA) is 114 Å². The highest BCUT2D eigenvalue weighted by atomic mass is 32.2. The van der Waals surface area contributed by atoms with Gasteiger partial charge in [-0.15, -0.1) is 0 Å². The van der Waals surface area contributed by atoms with Gasteiger partial charge in [-0.3, -0.25) is 5.10 Å². The Balaban J connectivity index is 1.87. The molecule has 20 heavy (non-hydrogen) atoms. The summed E-state index contributed by atoms with van der Waals surface area (Å²) < 4.78 is 27.1. The predicted octanol–water partition coefficient (Wildman–Crippen LogP) is 0.746. The number of hydrogen-bond acceptors (Lipinski definition) is 5. The van der Waals surface area contributed by atoms with Crippen molar-refractivity contribution in [3.05, 3.63) is 29.7 Å². The highest BCUT2D eigenvalue weighted by molar-refractivity contribution is 7.89. The second kappa shape index (κ2) is 6.21. The number of sulfonamides is 1. The number of primary sulfonamides is 1. The molecule has 2 heterocycles. The molecule has 0 aromatic carbocycles. The molecular weight excluding hydrogens is 280 g/mol. The molecule has 8 heteroatoms. The first-order valence-electron chi connectivity index (χ1n) is 6.26. The molecule has 0 bridgehead atoms. The van der Waals surface area contributed by atoms with Crippen LogP contribution in [0.15, 0.2) is 22.7 Å². The van der Waals surface area contributed by atoms with Crippen LogP contribution in [0.3, 0.4) is 0 Å². The third-order valence-corrected chi connectivity index (χ3v) is 3.66. The summed E-state index contributed by atoms with van der Waals surface area (Å²) in [6, 6.07) is 3.77. The molecule has 0 fully saturated rings. The van der Waals surface area contributed by atoms with E-state index >= 15 is 0 Å². The number of nitrogens with zero attached hydrogens (tertiary/aromatic N) is 1. The van der Waals surface area contributed by atoms with Crippen molar-refractivity contribution in [1.82, 2.24) is 15.5 Å². The Morgan fingerprint density at radius 1 is 1.45 bits per heavy atom. The van der Waals surface area contributed by atoms with E-state index in [4.69, 9.17) is 9.56 Å². The Labute approximate surface area is 117 Å². The summed E-state index contributed by atoms with van der Waals surface area (Å²) in [5, 5.41) is 15.0. The molecule has 0 radical (unpaired) electrons. The number of rotatable bonds is 7. The zero-order valence-corrected chi connectivity index (χ0v) is 12.0. The Kier molecular flexibility index (Phi) is 4.58. The lowest BCUT2D eigenvalue weighted by Gasteiger charge is -2.04. The summed E-state index contributed by atoms with van der Waals surface area (Å²) >= 11 is 0. The third-order valence-electron chi connectivity index (χ3n) is 2.80. The lowest BCUT2D eigenvalue weighted by molar-refractivity contribution is 0.545. The Bertz CT molecular complexity index is 660. The maximum Gasteiger partial charge on any atom is 0.209 e. The summed E-state index contributed by atoms with van der Waals surface area (Å²) in [6.07, 6.45) is 2.20. The van der Waals surface area contributed by atoms with Gasteiger partial charge in [0.15, 0.2) is 5.76 Å². The van der Waals surface area contributed by atoms with Crippen LogP contribution in [0.25, 0.3) is 11.5 Å². The molecular formula is C12H18N4O3S. The molecule has 0 saturated heterocycles. The number of aromatic nitrogens is 2. The van der Waals surface area contributed by atoms with E-state index in [0.717, 1.165) is 22.8 Å². The van der Waals surface area contributed by atoms with Crippen LogP contribution < -0.4 is 10.5 Å². The van der Waals surface area contributed by atoms with Gasteiger partial charge < -0.3 is 9.73 Å². The summed E-state index contributed by atoms with van der Waals surface area (Å²) in [5.41, 5.74) is 1.80. The molecule has 0 unspecified atom stereocenters. The summed E-state index contributed by atoms with van der Waals surface area (Å²) in [6.45, 7) is 3.03. The van der Waals surface area contributed by atoms with Crippen molar-refractivity contribution in [2.75, 3.05) is 12.3 Å². The lowest BCUT2D eigenvalue weighted by Crippen LogP contribution is -2.22. The fourth-order valence-corrected chi connectivity index (χ4v) is 2.40. The first-order valence-corrected chi connectivity index (χ1v) is 7.97. The van der Waals surface area contributed by atoms with Crippen LogP contribution in [0, 0.1) is 6.92 Å². The molecule has 2 aromatic heterocycles. The number of furan rings is 1. The van der Waals surface area contributed by atoms with Crippen LogP contribution in [-0.4, -0.2) is 30.9 Å². The monoisotopic (exact) mass is 298 g/mol. The molecule has 2 rings (SSSR count). The molecule has 0 aliphatic heterocycles. The van der Waals surface area contributed by atoms with Crippen LogP contribution in [0.4, 0.5) is 0 Å². The molecule has 0 spiro atoms. The van der Waals surface area contributed by atoms with E-state index in [-0.39, 0.29) is 5.75 Å². The molecule has 0 aliphatic rings. The van der Waals surface area contributed by atoms with Crippen molar-refractivity contribution in [3.63, 3.8) is 0 Å². The van der Waals surface area contributed by atoms with Gasteiger partial charge in [-0.05, 0) is 32.0 Å². The first-order chi connectivity index (χ1) is 9.46. The van der Waals surface area contributed by atoms with Crippen LogP contribution >= 0.6 is 0 Å². The molecule has 4 N–H and O–H groups in total. The van der Waals surface area contributed by atoms with Crippen LogP contribution in [0.1, 0.15) is 17.7 Å². The van der Waals surface area contributed by atoms with E-state index in [1.54, 1.807) is 6.20 Å². The SMILES string of the molecule is Cc1ccc(-c2[nH]ncc2CNCCCS(N)(=O)=O)o1. The van der Waals surface area contributed by atoms with Gasteiger partial charge >= 0.3 is 0 Å². The zero-order valence-electron chi connectivity index (χ0n) is 11.2. The maximum atomic E-state index is 10.8. The van der Waals surface area contributed by atoms with E-state index in [0.29, 0.717) is 19.5 Å². The van der Waals surface area contributed by atoms with Crippen molar-refractivity contribution in [2.24, 2.45) is 5.14 Å². The standard InChI is InChI=1S/C12H18N4O3S/c1-9-3-4-11(19-9)12-10(8-15-16-12)7-14-5-2-6-20(13,17)18/h3-4,8,14H,2,5-7H2,1H3,(H,15,16)(H2,13,17,18). The number of nitrogens with two attached hydrogens (primary N) is 1. The predicted molar refractivity (Wildman–Crippen MR) is 75.3 cm³/mol. The second-order valence-corrected chi connectivity index (χ2v) is 6.31. The number of hydrogen-bond donors (Lipinski definition) is 3. The third kappa shape index (κ3) is 4.19. The lowest BCUT2D eigenvalue weighted by atomic mass is 10.2. The molecule has 0 saturated carbocycles. The highest BCUT2D eigenvalue weighted by Crippen LogP contribution is 2.23.